The van der Waals surface area contributed by atoms with Gasteiger partial charge in [-0.15, -0.1) is 11.3 Å². The van der Waals surface area contributed by atoms with Crippen molar-refractivity contribution in [1.82, 2.24) is 10.2 Å². The molecule has 0 spiro atoms. The lowest BCUT2D eigenvalue weighted by molar-refractivity contribution is -0.114. The molecule has 0 aliphatic carbocycles. The summed E-state index contributed by atoms with van der Waals surface area (Å²) in [6, 6.07) is 12.2. The predicted molar refractivity (Wildman–Crippen MR) is 114 cm³/mol. The second kappa shape index (κ2) is 8.27. The van der Waals surface area contributed by atoms with Crippen LogP contribution >= 0.6 is 23.1 Å². The summed E-state index contributed by atoms with van der Waals surface area (Å²) in [7, 11) is 0. The Bertz CT molecular complexity index is 872. The van der Waals surface area contributed by atoms with E-state index in [4.69, 9.17) is 0 Å². The average Bonchev–Trinajstić information content (AvgIpc) is 3.15. The van der Waals surface area contributed by atoms with Gasteiger partial charge in [-0.25, -0.2) is 0 Å². The first-order valence-corrected chi connectivity index (χ1v) is 11.3. The molecule has 3 aliphatic rings. The summed E-state index contributed by atoms with van der Waals surface area (Å²) in [5, 5.41) is 6.15. The molecule has 1 aromatic heterocycles. The van der Waals surface area contributed by atoms with Gasteiger partial charge in [-0.2, -0.15) is 0 Å². The highest BCUT2D eigenvalue weighted by Gasteiger charge is 2.40. The summed E-state index contributed by atoms with van der Waals surface area (Å²) in [6.45, 7) is 6.05. The second-order valence-corrected chi connectivity index (χ2v) is 9.94. The molecule has 7 heteroatoms. The van der Waals surface area contributed by atoms with Gasteiger partial charge in [0, 0.05) is 23.9 Å². The van der Waals surface area contributed by atoms with Crippen LogP contribution in [0.15, 0.2) is 45.5 Å². The van der Waals surface area contributed by atoms with Gasteiger partial charge in [0.15, 0.2) is 0 Å². The van der Waals surface area contributed by atoms with Crippen LogP contribution in [0.3, 0.4) is 0 Å². The van der Waals surface area contributed by atoms with Crippen molar-refractivity contribution in [3.8, 4) is 0 Å². The molecule has 148 valence electrons. The zero-order valence-corrected chi connectivity index (χ0v) is 17.7. The van der Waals surface area contributed by atoms with Crippen molar-refractivity contribution in [2.24, 2.45) is 5.92 Å². The fraction of sp³-hybridized carbons (Fsp3) is 0.429. The molecule has 0 unspecified atom stereocenters. The summed E-state index contributed by atoms with van der Waals surface area (Å²) in [4.78, 5) is 28.4. The van der Waals surface area contributed by atoms with E-state index in [1.54, 1.807) is 11.8 Å². The molecule has 2 bridgehead atoms. The Morgan fingerprint density at radius 3 is 2.61 bits per heavy atom. The van der Waals surface area contributed by atoms with Crippen LogP contribution in [0.25, 0.3) is 0 Å². The van der Waals surface area contributed by atoms with Gasteiger partial charge in [-0.3, -0.25) is 14.5 Å². The minimum absolute atomic E-state index is 0.0256. The van der Waals surface area contributed by atoms with Crippen LogP contribution < -0.4 is 10.6 Å². The molecule has 1 aromatic carbocycles. The number of benzene rings is 1. The van der Waals surface area contributed by atoms with Crippen molar-refractivity contribution in [2.75, 3.05) is 18.4 Å². The smallest absolute Gasteiger partial charge is 0.261 e. The molecule has 0 saturated carbocycles. The Morgan fingerprint density at radius 1 is 1.14 bits per heavy atom. The number of anilines is 1. The molecular formula is C21H25N3O2S2. The number of carbonyl (C=O) groups excluding carboxylic acids is 2. The Kier molecular flexibility index (Phi) is 5.75. The first-order chi connectivity index (χ1) is 13.5. The number of para-hydroxylation sites is 1. The van der Waals surface area contributed by atoms with Crippen LogP contribution in [-0.4, -0.2) is 41.9 Å². The number of rotatable bonds is 5. The van der Waals surface area contributed by atoms with E-state index in [1.165, 1.54) is 31.1 Å². The van der Waals surface area contributed by atoms with Gasteiger partial charge >= 0.3 is 0 Å². The molecule has 4 heterocycles. The molecule has 2 N–H and O–H groups in total. The summed E-state index contributed by atoms with van der Waals surface area (Å²) >= 11 is 3.07. The lowest BCUT2D eigenvalue weighted by Crippen LogP contribution is -2.62. The molecule has 2 amide bonds. The summed E-state index contributed by atoms with van der Waals surface area (Å²) < 4.78 is 1.03. The zero-order valence-electron chi connectivity index (χ0n) is 16.1. The Labute approximate surface area is 173 Å². The molecule has 3 saturated heterocycles. The average molecular weight is 416 g/mol. The Balaban J connectivity index is 1.43. The summed E-state index contributed by atoms with van der Waals surface area (Å²) in [5.41, 5.74) is 0.792. The molecule has 3 fully saturated rings. The molecule has 3 aliphatic heterocycles. The van der Waals surface area contributed by atoms with E-state index in [9.17, 15) is 9.59 Å². The zero-order chi connectivity index (χ0) is 19.7. The lowest BCUT2D eigenvalue weighted by Gasteiger charge is -2.49. The maximum atomic E-state index is 12.8. The first kappa shape index (κ1) is 19.5. The Morgan fingerprint density at radius 2 is 1.89 bits per heavy atom. The molecular weight excluding hydrogens is 390 g/mol. The molecule has 28 heavy (non-hydrogen) atoms. The van der Waals surface area contributed by atoms with E-state index in [-0.39, 0.29) is 17.9 Å². The van der Waals surface area contributed by atoms with Crippen LogP contribution in [0.4, 0.5) is 5.69 Å². The van der Waals surface area contributed by atoms with Crippen molar-refractivity contribution in [1.29, 1.82) is 0 Å². The van der Waals surface area contributed by atoms with Crippen molar-refractivity contribution >= 4 is 40.6 Å². The highest BCUT2D eigenvalue weighted by atomic mass is 32.2. The third-order valence-electron chi connectivity index (χ3n) is 5.69. The van der Waals surface area contributed by atoms with E-state index in [2.05, 4.69) is 22.5 Å². The number of fused-ring (bicyclic) bond motifs is 3. The van der Waals surface area contributed by atoms with Crippen LogP contribution in [0, 0.1) is 5.92 Å². The van der Waals surface area contributed by atoms with Crippen molar-refractivity contribution in [2.45, 2.75) is 47.9 Å². The molecule has 2 aromatic rings. The van der Waals surface area contributed by atoms with Gasteiger partial charge < -0.3 is 10.6 Å². The van der Waals surface area contributed by atoms with Gasteiger partial charge in [-0.1, -0.05) is 23.9 Å². The normalized spacial score (nSPS) is 26.1. The van der Waals surface area contributed by atoms with Gasteiger partial charge in [0.2, 0.25) is 5.91 Å². The van der Waals surface area contributed by atoms with Gasteiger partial charge in [0.05, 0.1) is 14.8 Å². The van der Waals surface area contributed by atoms with Gasteiger partial charge in [0.25, 0.3) is 5.91 Å². The molecule has 0 radical (unpaired) electrons. The number of carbonyl (C=O) groups is 2. The van der Waals surface area contributed by atoms with Crippen LogP contribution in [-0.2, 0) is 4.79 Å². The van der Waals surface area contributed by atoms with E-state index < -0.39 is 0 Å². The quantitative estimate of drug-likeness (QED) is 0.773. The topological polar surface area (TPSA) is 61.4 Å². The summed E-state index contributed by atoms with van der Waals surface area (Å²) in [6.07, 6.45) is 2.36. The number of thiophene rings is 1. The van der Waals surface area contributed by atoms with Crippen LogP contribution in [0.2, 0.25) is 0 Å². The molecule has 5 nitrogen and oxygen atoms in total. The number of hydrogen-bond donors (Lipinski definition) is 2. The third kappa shape index (κ3) is 4.11. The highest BCUT2D eigenvalue weighted by Crippen LogP contribution is 2.38. The van der Waals surface area contributed by atoms with Crippen molar-refractivity contribution < 1.29 is 9.59 Å². The number of hydrogen-bond acceptors (Lipinski definition) is 5. The summed E-state index contributed by atoms with van der Waals surface area (Å²) in [5.74, 6) is 0.533. The fourth-order valence-electron chi connectivity index (χ4n) is 4.22. The van der Waals surface area contributed by atoms with Gasteiger partial charge in [0.1, 0.15) is 0 Å². The predicted octanol–water partition coefficient (Wildman–Crippen LogP) is 4.07. The number of nitrogens with zero attached hydrogens (tertiary/aromatic N) is 1. The third-order valence-corrected chi connectivity index (χ3v) is 7.98. The highest BCUT2D eigenvalue weighted by molar-refractivity contribution is 8.01. The second-order valence-electron chi connectivity index (χ2n) is 7.51. The van der Waals surface area contributed by atoms with E-state index >= 15 is 0 Å². The maximum absolute atomic E-state index is 12.8. The van der Waals surface area contributed by atoms with Crippen LogP contribution in [0.1, 0.15) is 36.4 Å². The van der Waals surface area contributed by atoms with E-state index in [0.717, 1.165) is 32.8 Å². The standard InChI is InChI=1S/C21H25N3O2S2/c1-13-20(15-9-11-24(13)12-10-15)23-21(26)18-7-8-19(28-18)27-17-6-4-3-5-16(17)22-14(2)25/h3-8,13,15,20H,9-12H2,1-2H3,(H,22,25)(H,23,26)/t13-,20+/m1/s1. The van der Waals surface area contributed by atoms with Crippen molar-refractivity contribution in [3.05, 3.63) is 41.3 Å². The first-order valence-electron chi connectivity index (χ1n) is 9.70. The minimum Gasteiger partial charge on any atom is -0.347 e. The molecule has 5 rings (SSSR count). The van der Waals surface area contributed by atoms with Crippen LogP contribution in [0.5, 0.6) is 0 Å². The lowest BCUT2D eigenvalue weighted by atomic mass is 9.79. The Hall–Kier alpha value is -1.83. The van der Waals surface area contributed by atoms with Crippen molar-refractivity contribution in [3.63, 3.8) is 0 Å². The molecule has 2 atom stereocenters. The minimum atomic E-state index is -0.0917. The fourth-order valence-corrected chi connectivity index (χ4v) is 6.30. The monoisotopic (exact) mass is 415 g/mol. The number of amides is 2. The number of piperidine rings is 3. The number of nitrogens with one attached hydrogen (secondary N) is 2. The maximum Gasteiger partial charge on any atom is 0.261 e. The largest absolute Gasteiger partial charge is 0.347 e. The van der Waals surface area contributed by atoms with Gasteiger partial charge in [-0.05, 0) is 63.0 Å². The van der Waals surface area contributed by atoms with E-state index in [0.29, 0.717) is 12.0 Å². The van der Waals surface area contributed by atoms with E-state index in [1.807, 2.05) is 36.4 Å². The SMILES string of the molecule is CC(=O)Nc1ccccc1Sc1ccc(C(=O)N[C@@H]2C3CCN(CC3)[C@@H]2C)s1.